The van der Waals surface area contributed by atoms with Gasteiger partial charge in [0.25, 0.3) is 0 Å². The lowest BCUT2D eigenvalue weighted by Crippen LogP contribution is -2.38. The second-order valence-corrected chi connectivity index (χ2v) is 7.25. The smallest absolute Gasteiger partial charge is 0.0285 e. The molecule has 2 unspecified atom stereocenters. The summed E-state index contributed by atoms with van der Waals surface area (Å²) in [4.78, 5) is 1.47. The standard InChI is InChI=1S/C13H22BrNS2/c1-4-5-15-13(10(2)8-16-3)7-12-6-11(14)9-17-12/h6,9-10,13,15H,4-5,7-8H2,1-3H3. The van der Waals surface area contributed by atoms with Gasteiger partial charge in [0.2, 0.25) is 0 Å². The third kappa shape index (κ3) is 5.77. The van der Waals surface area contributed by atoms with Gasteiger partial charge in [0.15, 0.2) is 0 Å². The lowest BCUT2D eigenvalue weighted by molar-refractivity contribution is 0.404. The molecule has 0 bridgehead atoms. The van der Waals surface area contributed by atoms with Crippen molar-refractivity contribution in [3.63, 3.8) is 0 Å². The van der Waals surface area contributed by atoms with E-state index in [1.54, 1.807) is 0 Å². The van der Waals surface area contributed by atoms with Gasteiger partial charge in [0.1, 0.15) is 0 Å². The fraction of sp³-hybridized carbons (Fsp3) is 0.692. The summed E-state index contributed by atoms with van der Waals surface area (Å²) >= 11 is 7.32. The van der Waals surface area contributed by atoms with Crippen molar-refractivity contribution in [2.24, 2.45) is 5.92 Å². The van der Waals surface area contributed by atoms with Crippen LogP contribution in [0.3, 0.4) is 0 Å². The highest BCUT2D eigenvalue weighted by molar-refractivity contribution is 9.10. The monoisotopic (exact) mass is 335 g/mol. The molecule has 0 radical (unpaired) electrons. The van der Waals surface area contributed by atoms with Gasteiger partial charge >= 0.3 is 0 Å². The predicted molar refractivity (Wildman–Crippen MR) is 85.4 cm³/mol. The third-order valence-corrected chi connectivity index (χ3v) is 5.39. The maximum atomic E-state index is 3.69. The summed E-state index contributed by atoms with van der Waals surface area (Å²) in [5, 5.41) is 5.86. The Morgan fingerprint density at radius 2 is 2.29 bits per heavy atom. The molecule has 17 heavy (non-hydrogen) atoms. The third-order valence-electron chi connectivity index (χ3n) is 2.82. The van der Waals surface area contributed by atoms with Gasteiger partial charge in [0.05, 0.1) is 0 Å². The highest BCUT2D eigenvalue weighted by Crippen LogP contribution is 2.23. The molecule has 0 aromatic carbocycles. The molecule has 1 heterocycles. The normalized spacial score (nSPS) is 14.8. The van der Waals surface area contributed by atoms with E-state index in [9.17, 15) is 0 Å². The molecule has 0 aliphatic heterocycles. The van der Waals surface area contributed by atoms with Crippen molar-refractivity contribution >= 4 is 39.0 Å². The Bertz CT molecular complexity index is 314. The lowest BCUT2D eigenvalue weighted by atomic mass is 10.00. The number of hydrogen-bond acceptors (Lipinski definition) is 3. The van der Waals surface area contributed by atoms with Crippen LogP contribution >= 0.6 is 39.0 Å². The van der Waals surface area contributed by atoms with Gasteiger partial charge in [0, 0.05) is 20.8 Å². The zero-order valence-electron chi connectivity index (χ0n) is 10.8. The largest absolute Gasteiger partial charge is 0.313 e. The fourth-order valence-corrected chi connectivity index (χ4v) is 4.13. The van der Waals surface area contributed by atoms with Crippen LogP contribution in [-0.4, -0.2) is 24.6 Å². The Kier molecular flexibility index (Phi) is 7.84. The van der Waals surface area contributed by atoms with E-state index in [1.807, 2.05) is 23.1 Å². The van der Waals surface area contributed by atoms with Gasteiger partial charge in [-0.2, -0.15) is 11.8 Å². The van der Waals surface area contributed by atoms with Crippen molar-refractivity contribution in [2.45, 2.75) is 32.7 Å². The van der Waals surface area contributed by atoms with E-state index in [-0.39, 0.29) is 0 Å². The van der Waals surface area contributed by atoms with E-state index in [2.05, 4.69) is 52.8 Å². The minimum Gasteiger partial charge on any atom is -0.313 e. The minimum absolute atomic E-state index is 0.605. The molecular weight excluding hydrogens is 314 g/mol. The predicted octanol–water partition coefficient (Wildman–Crippen LogP) is 4.42. The number of halogens is 1. The Balaban J connectivity index is 2.55. The number of hydrogen-bond donors (Lipinski definition) is 1. The molecule has 1 N–H and O–H groups in total. The van der Waals surface area contributed by atoms with Gasteiger partial charge in [-0.05, 0) is 59.3 Å². The van der Waals surface area contributed by atoms with Crippen LogP contribution in [0.4, 0.5) is 0 Å². The topological polar surface area (TPSA) is 12.0 Å². The summed E-state index contributed by atoms with van der Waals surface area (Å²) in [6, 6.07) is 2.85. The fourth-order valence-electron chi connectivity index (χ4n) is 1.86. The number of rotatable bonds is 8. The molecule has 98 valence electrons. The van der Waals surface area contributed by atoms with E-state index in [4.69, 9.17) is 0 Å². The molecule has 0 spiro atoms. The molecule has 0 aliphatic rings. The first-order chi connectivity index (χ1) is 8.17. The zero-order valence-corrected chi connectivity index (χ0v) is 14.1. The minimum atomic E-state index is 0.605. The first kappa shape index (κ1) is 15.5. The van der Waals surface area contributed by atoms with Crippen molar-refractivity contribution < 1.29 is 0 Å². The lowest BCUT2D eigenvalue weighted by Gasteiger charge is -2.24. The molecule has 1 aromatic rings. The average Bonchev–Trinajstić information content (AvgIpc) is 2.70. The molecule has 1 nitrogen and oxygen atoms in total. The van der Waals surface area contributed by atoms with Crippen LogP contribution in [0.25, 0.3) is 0 Å². The van der Waals surface area contributed by atoms with Crippen LogP contribution < -0.4 is 5.32 Å². The van der Waals surface area contributed by atoms with Gasteiger partial charge < -0.3 is 5.32 Å². The van der Waals surface area contributed by atoms with Gasteiger partial charge in [-0.1, -0.05) is 13.8 Å². The van der Waals surface area contributed by atoms with Crippen LogP contribution in [0, 0.1) is 5.92 Å². The molecule has 0 saturated heterocycles. The molecule has 0 saturated carbocycles. The number of thiophene rings is 1. The SMILES string of the molecule is CCCNC(Cc1cc(Br)cs1)C(C)CSC. The first-order valence-corrected chi connectivity index (χ1v) is 9.19. The van der Waals surface area contributed by atoms with Crippen molar-refractivity contribution in [3.8, 4) is 0 Å². The summed E-state index contributed by atoms with van der Waals surface area (Å²) in [6.07, 6.45) is 4.55. The van der Waals surface area contributed by atoms with Crippen molar-refractivity contribution in [2.75, 3.05) is 18.6 Å². The van der Waals surface area contributed by atoms with E-state index in [0.717, 1.165) is 18.9 Å². The molecule has 1 aromatic heterocycles. The molecule has 1 rings (SSSR count). The molecule has 0 aliphatic carbocycles. The van der Waals surface area contributed by atoms with Crippen LogP contribution in [0.5, 0.6) is 0 Å². The molecule has 0 fully saturated rings. The van der Waals surface area contributed by atoms with Crippen LogP contribution in [0.1, 0.15) is 25.1 Å². The van der Waals surface area contributed by atoms with E-state index < -0.39 is 0 Å². The molecule has 0 amide bonds. The van der Waals surface area contributed by atoms with Crippen LogP contribution in [0.15, 0.2) is 15.9 Å². The van der Waals surface area contributed by atoms with Crippen molar-refractivity contribution in [3.05, 3.63) is 20.8 Å². The van der Waals surface area contributed by atoms with Crippen LogP contribution in [-0.2, 0) is 6.42 Å². The van der Waals surface area contributed by atoms with Gasteiger partial charge in [-0.25, -0.2) is 0 Å². The Morgan fingerprint density at radius 3 is 2.82 bits per heavy atom. The number of thioether (sulfide) groups is 1. The van der Waals surface area contributed by atoms with Crippen LogP contribution in [0.2, 0.25) is 0 Å². The highest BCUT2D eigenvalue weighted by atomic mass is 79.9. The Morgan fingerprint density at radius 1 is 1.53 bits per heavy atom. The first-order valence-electron chi connectivity index (χ1n) is 6.12. The zero-order chi connectivity index (χ0) is 12.7. The maximum Gasteiger partial charge on any atom is 0.0285 e. The summed E-state index contributed by atoms with van der Waals surface area (Å²) in [5.74, 6) is 1.95. The number of nitrogens with one attached hydrogen (secondary N) is 1. The second-order valence-electron chi connectivity index (χ2n) is 4.43. The highest BCUT2D eigenvalue weighted by Gasteiger charge is 2.17. The Hall–Kier alpha value is 0.490. The maximum absolute atomic E-state index is 3.69. The average molecular weight is 336 g/mol. The van der Waals surface area contributed by atoms with Crippen molar-refractivity contribution in [1.82, 2.24) is 5.32 Å². The van der Waals surface area contributed by atoms with E-state index in [0.29, 0.717) is 6.04 Å². The summed E-state index contributed by atoms with van der Waals surface area (Å²) in [7, 11) is 0. The quantitative estimate of drug-likeness (QED) is 0.754. The summed E-state index contributed by atoms with van der Waals surface area (Å²) < 4.78 is 1.21. The van der Waals surface area contributed by atoms with E-state index in [1.165, 1.54) is 21.5 Å². The second kappa shape index (κ2) is 8.57. The molecular formula is C13H22BrNS2. The van der Waals surface area contributed by atoms with Gasteiger partial charge in [-0.3, -0.25) is 0 Å². The van der Waals surface area contributed by atoms with Crippen molar-refractivity contribution in [1.29, 1.82) is 0 Å². The molecule has 4 heteroatoms. The summed E-state index contributed by atoms with van der Waals surface area (Å²) in [6.45, 7) is 5.70. The Labute approximate surface area is 122 Å². The summed E-state index contributed by atoms with van der Waals surface area (Å²) in [5.41, 5.74) is 0. The van der Waals surface area contributed by atoms with Gasteiger partial charge in [-0.15, -0.1) is 11.3 Å². The van der Waals surface area contributed by atoms with E-state index >= 15 is 0 Å². The molecule has 2 atom stereocenters.